The number of likely N-dealkylation sites (tertiary alicyclic amines) is 1. The molecule has 0 radical (unpaired) electrons. The molecule has 1 aliphatic rings. The largest absolute Gasteiger partial charge is 0.383 e. The molecule has 1 N–H and O–H groups in total. The summed E-state index contributed by atoms with van der Waals surface area (Å²) in [6.45, 7) is 1.42. The number of halogens is 1. The lowest BCUT2D eigenvalue weighted by atomic mass is 9.83. The first-order valence-corrected chi connectivity index (χ1v) is 8.39. The highest BCUT2D eigenvalue weighted by Gasteiger charge is 2.41. The molecule has 0 saturated carbocycles. The van der Waals surface area contributed by atoms with E-state index in [4.69, 9.17) is 9.47 Å². The van der Waals surface area contributed by atoms with Gasteiger partial charge >= 0.3 is 0 Å². The molecule has 2 rings (SSSR count). The van der Waals surface area contributed by atoms with Gasteiger partial charge in [-0.2, -0.15) is 0 Å². The van der Waals surface area contributed by atoms with Gasteiger partial charge in [0.25, 0.3) is 0 Å². The van der Waals surface area contributed by atoms with E-state index in [9.17, 15) is 14.0 Å². The van der Waals surface area contributed by atoms with Crippen LogP contribution in [0.15, 0.2) is 24.3 Å². The van der Waals surface area contributed by atoms with Crippen LogP contribution in [0.5, 0.6) is 0 Å². The van der Waals surface area contributed by atoms with Crippen molar-refractivity contribution in [3.63, 3.8) is 0 Å². The van der Waals surface area contributed by atoms with Gasteiger partial charge in [-0.3, -0.25) is 9.59 Å². The molecule has 138 valence electrons. The van der Waals surface area contributed by atoms with Gasteiger partial charge in [-0.25, -0.2) is 4.39 Å². The van der Waals surface area contributed by atoms with Gasteiger partial charge in [0.1, 0.15) is 5.82 Å². The van der Waals surface area contributed by atoms with Crippen LogP contribution in [0.2, 0.25) is 0 Å². The van der Waals surface area contributed by atoms with E-state index >= 15 is 0 Å². The summed E-state index contributed by atoms with van der Waals surface area (Å²) < 4.78 is 24.4. The Morgan fingerprint density at radius 3 is 2.68 bits per heavy atom. The first-order valence-electron chi connectivity index (χ1n) is 8.39. The van der Waals surface area contributed by atoms with Crippen molar-refractivity contribution in [2.45, 2.75) is 18.9 Å². The van der Waals surface area contributed by atoms with Crippen LogP contribution in [0.1, 0.15) is 24.4 Å². The van der Waals surface area contributed by atoms with Crippen molar-refractivity contribution in [2.75, 3.05) is 40.5 Å². The van der Waals surface area contributed by atoms with E-state index < -0.39 is 17.8 Å². The quantitative estimate of drug-likeness (QED) is 0.720. The Kier molecular flexibility index (Phi) is 7.33. The highest BCUT2D eigenvalue weighted by Crippen LogP contribution is 2.37. The Morgan fingerprint density at radius 1 is 1.28 bits per heavy atom. The maximum atomic E-state index is 14.4. The summed E-state index contributed by atoms with van der Waals surface area (Å²) in [7, 11) is 3.10. The van der Waals surface area contributed by atoms with Crippen LogP contribution in [-0.4, -0.2) is 57.2 Å². The Labute approximate surface area is 147 Å². The molecule has 2 amide bonds. The number of benzene rings is 1. The summed E-state index contributed by atoms with van der Waals surface area (Å²) in [4.78, 5) is 26.6. The Balaban J connectivity index is 2.30. The molecular weight excluding hydrogens is 327 g/mol. The lowest BCUT2D eigenvalue weighted by molar-refractivity contribution is -0.144. The number of nitrogens with zero attached hydrogens (tertiary/aromatic N) is 1. The molecule has 0 aromatic heterocycles. The smallest absolute Gasteiger partial charge is 0.225 e. The maximum absolute atomic E-state index is 14.4. The SMILES string of the molecule is COCCNC(=O)[C@@H]1CCC(=O)N(CCOC)[C@H]1c1ccccc1F. The van der Waals surface area contributed by atoms with Crippen molar-refractivity contribution in [3.05, 3.63) is 35.6 Å². The number of carbonyl (C=O) groups is 2. The van der Waals surface area contributed by atoms with Gasteiger partial charge in [-0.1, -0.05) is 18.2 Å². The summed E-state index contributed by atoms with van der Waals surface area (Å²) in [5.74, 6) is -1.21. The van der Waals surface area contributed by atoms with Crippen LogP contribution >= 0.6 is 0 Å². The normalized spacial score (nSPS) is 20.6. The molecule has 1 aliphatic heterocycles. The van der Waals surface area contributed by atoms with E-state index in [1.807, 2.05) is 0 Å². The monoisotopic (exact) mass is 352 g/mol. The fraction of sp³-hybridized carbons (Fsp3) is 0.556. The van der Waals surface area contributed by atoms with Crippen LogP contribution in [0.3, 0.4) is 0 Å². The first kappa shape index (κ1) is 19.3. The number of amides is 2. The molecule has 0 bridgehead atoms. The number of hydrogen-bond acceptors (Lipinski definition) is 4. The van der Waals surface area contributed by atoms with Gasteiger partial charge in [0.15, 0.2) is 0 Å². The van der Waals surface area contributed by atoms with Gasteiger partial charge < -0.3 is 19.7 Å². The van der Waals surface area contributed by atoms with E-state index in [1.54, 1.807) is 37.3 Å². The van der Waals surface area contributed by atoms with E-state index in [0.29, 0.717) is 38.3 Å². The minimum absolute atomic E-state index is 0.0914. The predicted molar refractivity (Wildman–Crippen MR) is 90.3 cm³/mol. The number of hydrogen-bond donors (Lipinski definition) is 1. The van der Waals surface area contributed by atoms with Crippen LogP contribution in [0.25, 0.3) is 0 Å². The van der Waals surface area contributed by atoms with Crippen molar-refractivity contribution < 1.29 is 23.5 Å². The summed E-state index contributed by atoms with van der Waals surface area (Å²) >= 11 is 0. The standard InChI is InChI=1S/C18H25FN2O4/c1-24-11-9-20-18(23)14-7-8-16(22)21(10-12-25-2)17(14)13-5-3-4-6-15(13)19/h3-6,14,17H,7-12H2,1-2H3,(H,20,23)/t14-,17+/m1/s1. The molecule has 25 heavy (non-hydrogen) atoms. The minimum Gasteiger partial charge on any atom is -0.383 e. The van der Waals surface area contributed by atoms with Crippen LogP contribution in [0.4, 0.5) is 4.39 Å². The van der Waals surface area contributed by atoms with Crippen LogP contribution in [-0.2, 0) is 19.1 Å². The van der Waals surface area contributed by atoms with Gasteiger partial charge in [-0.15, -0.1) is 0 Å². The van der Waals surface area contributed by atoms with Crippen LogP contribution in [0, 0.1) is 11.7 Å². The van der Waals surface area contributed by atoms with Crippen molar-refractivity contribution in [1.29, 1.82) is 0 Å². The molecule has 1 heterocycles. The van der Waals surface area contributed by atoms with Gasteiger partial charge in [0.2, 0.25) is 11.8 Å². The molecule has 0 spiro atoms. The zero-order chi connectivity index (χ0) is 18.2. The topological polar surface area (TPSA) is 67.9 Å². The average Bonchev–Trinajstić information content (AvgIpc) is 2.61. The number of piperidine rings is 1. The molecule has 1 aromatic carbocycles. The second-order valence-corrected chi connectivity index (χ2v) is 5.98. The van der Waals surface area contributed by atoms with E-state index in [2.05, 4.69) is 5.32 Å². The number of carbonyl (C=O) groups excluding carboxylic acids is 2. The maximum Gasteiger partial charge on any atom is 0.225 e. The number of methoxy groups -OCH3 is 2. The minimum atomic E-state index is -0.639. The average molecular weight is 352 g/mol. The van der Waals surface area contributed by atoms with E-state index in [-0.39, 0.29) is 18.2 Å². The molecule has 6 nitrogen and oxygen atoms in total. The lowest BCUT2D eigenvalue weighted by Crippen LogP contribution is -2.49. The summed E-state index contributed by atoms with van der Waals surface area (Å²) in [6, 6.07) is 5.65. The van der Waals surface area contributed by atoms with Gasteiger partial charge in [-0.05, 0) is 12.5 Å². The third kappa shape index (κ3) is 4.76. The Hall–Kier alpha value is -1.99. The second kappa shape index (κ2) is 9.48. The van der Waals surface area contributed by atoms with Gasteiger partial charge in [0, 0.05) is 39.3 Å². The molecule has 7 heteroatoms. The van der Waals surface area contributed by atoms with Crippen molar-refractivity contribution in [1.82, 2.24) is 10.2 Å². The van der Waals surface area contributed by atoms with Crippen LogP contribution < -0.4 is 5.32 Å². The van der Waals surface area contributed by atoms with E-state index in [0.717, 1.165) is 0 Å². The van der Waals surface area contributed by atoms with Crippen molar-refractivity contribution >= 4 is 11.8 Å². The zero-order valence-electron chi connectivity index (χ0n) is 14.7. The first-order chi connectivity index (χ1) is 12.1. The van der Waals surface area contributed by atoms with E-state index in [1.165, 1.54) is 6.07 Å². The molecule has 1 aromatic rings. The predicted octanol–water partition coefficient (Wildman–Crippen LogP) is 1.51. The Morgan fingerprint density at radius 2 is 2.00 bits per heavy atom. The molecule has 0 unspecified atom stereocenters. The lowest BCUT2D eigenvalue weighted by Gasteiger charge is -2.40. The highest BCUT2D eigenvalue weighted by molar-refractivity contribution is 5.85. The molecule has 2 atom stereocenters. The summed E-state index contributed by atoms with van der Waals surface area (Å²) in [5, 5.41) is 2.81. The fourth-order valence-corrected chi connectivity index (χ4v) is 3.19. The number of rotatable bonds is 8. The van der Waals surface area contributed by atoms with Crippen molar-refractivity contribution in [3.8, 4) is 0 Å². The molecule has 0 aliphatic carbocycles. The molecule has 1 fully saturated rings. The van der Waals surface area contributed by atoms with Crippen molar-refractivity contribution in [2.24, 2.45) is 5.92 Å². The Bertz CT molecular complexity index is 596. The third-order valence-corrected chi connectivity index (χ3v) is 4.41. The second-order valence-electron chi connectivity index (χ2n) is 5.98. The summed E-state index contributed by atoms with van der Waals surface area (Å²) in [6.07, 6.45) is 0.650. The third-order valence-electron chi connectivity index (χ3n) is 4.41. The zero-order valence-corrected chi connectivity index (χ0v) is 14.7. The fourth-order valence-electron chi connectivity index (χ4n) is 3.19. The molecular formula is C18H25FN2O4. The summed E-state index contributed by atoms with van der Waals surface area (Å²) in [5.41, 5.74) is 0.360. The molecule has 1 saturated heterocycles. The highest BCUT2D eigenvalue weighted by atomic mass is 19.1. The van der Waals surface area contributed by atoms with Gasteiger partial charge in [0.05, 0.1) is 25.2 Å². The number of nitrogens with one attached hydrogen (secondary N) is 1. The number of ether oxygens (including phenoxy) is 2.